The van der Waals surface area contributed by atoms with Gasteiger partial charge in [-0.3, -0.25) is 9.78 Å². The Labute approximate surface area is 212 Å². The van der Waals surface area contributed by atoms with Gasteiger partial charge in [-0.05, 0) is 54.3 Å². The minimum Gasteiger partial charge on any atom is -0.465 e. The molecular weight excluding hydrogens is 471 g/mol. The number of nitrogens with zero attached hydrogens (tertiary/aromatic N) is 2. The summed E-state index contributed by atoms with van der Waals surface area (Å²) in [5.41, 5.74) is 3.10. The molecule has 0 spiro atoms. The number of amides is 1. The van der Waals surface area contributed by atoms with Crippen LogP contribution >= 0.6 is 0 Å². The molecule has 0 unspecified atom stereocenters. The van der Waals surface area contributed by atoms with Crippen LogP contribution in [0, 0.1) is 5.82 Å². The van der Waals surface area contributed by atoms with Gasteiger partial charge in [0.25, 0.3) is 5.91 Å². The van der Waals surface area contributed by atoms with Crippen molar-refractivity contribution >= 4 is 22.6 Å². The second-order valence-corrected chi connectivity index (χ2v) is 8.60. The Bertz CT molecular complexity index is 1610. The number of nitrogens with one attached hydrogen (secondary N) is 2. The van der Waals surface area contributed by atoms with Crippen molar-refractivity contribution in [3.05, 3.63) is 108 Å². The van der Waals surface area contributed by atoms with Gasteiger partial charge in [0.05, 0.1) is 30.6 Å². The number of H-pyrrole nitrogens is 1. The van der Waals surface area contributed by atoms with E-state index in [4.69, 9.17) is 4.74 Å². The van der Waals surface area contributed by atoms with Crippen molar-refractivity contribution < 1.29 is 18.7 Å². The van der Waals surface area contributed by atoms with Crippen molar-refractivity contribution in [3.8, 4) is 22.8 Å². The van der Waals surface area contributed by atoms with Crippen LogP contribution in [0.3, 0.4) is 0 Å². The molecule has 5 aromatic rings. The minimum absolute atomic E-state index is 0.222. The number of ether oxygens (including phenoxy) is 1. The fraction of sp³-hybridized carbons (Fsp3) is 0.103. The average Bonchev–Trinajstić information content (AvgIpc) is 3.43. The van der Waals surface area contributed by atoms with Crippen molar-refractivity contribution in [1.29, 1.82) is 0 Å². The van der Waals surface area contributed by atoms with Crippen LogP contribution in [0.15, 0.2) is 85.2 Å². The van der Waals surface area contributed by atoms with Crippen LogP contribution in [0.2, 0.25) is 0 Å². The molecule has 1 atom stereocenters. The van der Waals surface area contributed by atoms with Gasteiger partial charge in [0.1, 0.15) is 11.5 Å². The van der Waals surface area contributed by atoms with Crippen LogP contribution in [0.25, 0.3) is 33.5 Å². The van der Waals surface area contributed by atoms with E-state index in [1.165, 1.54) is 25.3 Å². The summed E-state index contributed by atoms with van der Waals surface area (Å²) in [5.74, 6) is -0.756. The number of aromatic nitrogens is 3. The van der Waals surface area contributed by atoms with Crippen LogP contribution in [0.5, 0.6) is 0 Å². The normalized spacial score (nSPS) is 11.8. The van der Waals surface area contributed by atoms with Gasteiger partial charge >= 0.3 is 5.97 Å². The summed E-state index contributed by atoms with van der Waals surface area (Å²) in [4.78, 5) is 37.7. The molecule has 0 aliphatic rings. The van der Waals surface area contributed by atoms with Crippen LogP contribution in [-0.4, -0.2) is 33.9 Å². The first kappa shape index (κ1) is 23.9. The summed E-state index contributed by atoms with van der Waals surface area (Å²) in [6.45, 7) is 1.80. The van der Waals surface area contributed by atoms with E-state index in [1.54, 1.807) is 43.6 Å². The molecule has 184 valence electrons. The third kappa shape index (κ3) is 5.08. The van der Waals surface area contributed by atoms with E-state index >= 15 is 0 Å². The van der Waals surface area contributed by atoms with E-state index in [9.17, 15) is 14.0 Å². The van der Waals surface area contributed by atoms with Gasteiger partial charge in [-0.1, -0.05) is 36.4 Å². The molecular formula is C29H23FN4O3. The highest BCUT2D eigenvalue weighted by molar-refractivity contribution is 6.00. The lowest BCUT2D eigenvalue weighted by molar-refractivity contribution is 0.0600. The summed E-state index contributed by atoms with van der Waals surface area (Å²) in [6.07, 6.45) is 3.42. The molecule has 3 aromatic carbocycles. The molecule has 0 bridgehead atoms. The second-order valence-electron chi connectivity index (χ2n) is 8.60. The van der Waals surface area contributed by atoms with Gasteiger partial charge in [-0.25, -0.2) is 14.2 Å². The monoisotopic (exact) mass is 494 g/mol. The van der Waals surface area contributed by atoms with Gasteiger partial charge in [0.15, 0.2) is 5.82 Å². The van der Waals surface area contributed by atoms with E-state index in [2.05, 4.69) is 20.3 Å². The lowest BCUT2D eigenvalue weighted by Gasteiger charge is -2.15. The van der Waals surface area contributed by atoms with E-state index in [-0.39, 0.29) is 28.9 Å². The number of methoxy groups -OCH3 is 1. The maximum absolute atomic E-state index is 13.3. The minimum atomic E-state index is -0.571. The third-order valence-corrected chi connectivity index (χ3v) is 6.09. The molecule has 0 fully saturated rings. The number of rotatable bonds is 6. The number of fused-ring (bicyclic) bond motifs is 1. The average molecular weight is 495 g/mol. The SMILES string of the molecule is COC(=O)c1cc(C(=O)N[C@H](C)c2ccc(F)cc2)cc(-c2cnc(-c3cc4ccccc4cn3)[nH]2)c1. The van der Waals surface area contributed by atoms with Gasteiger partial charge in [0, 0.05) is 22.7 Å². The first-order chi connectivity index (χ1) is 17.9. The standard InChI is InChI=1S/C29H23FN4O3/c1-17(18-7-9-24(30)10-8-18)33-28(35)22-11-21(12-23(13-22)29(36)37-2)26-16-32-27(34-26)25-14-19-5-3-4-6-20(19)15-31-25/h3-17H,1-2H3,(H,32,34)(H,33,35)/t17-/m1/s1. The fourth-order valence-corrected chi connectivity index (χ4v) is 4.08. The highest BCUT2D eigenvalue weighted by Crippen LogP contribution is 2.26. The van der Waals surface area contributed by atoms with Crippen LogP contribution in [-0.2, 0) is 4.74 Å². The number of benzene rings is 3. The number of halogens is 1. The van der Waals surface area contributed by atoms with Crippen LogP contribution in [0.1, 0.15) is 39.2 Å². The number of carbonyl (C=O) groups excluding carboxylic acids is 2. The summed E-state index contributed by atoms with van der Waals surface area (Å²) in [6, 6.07) is 20.2. The van der Waals surface area contributed by atoms with E-state index in [1.807, 2.05) is 30.3 Å². The summed E-state index contributed by atoms with van der Waals surface area (Å²) in [7, 11) is 1.28. The van der Waals surface area contributed by atoms with Gasteiger partial charge in [-0.2, -0.15) is 0 Å². The number of hydrogen-bond donors (Lipinski definition) is 2. The Morgan fingerprint density at radius 2 is 1.65 bits per heavy atom. The lowest BCUT2D eigenvalue weighted by Crippen LogP contribution is -2.27. The lowest BCUT2D eigenvalue weighted by atomic mass is 10.0. The zero-order chi connectivity index (χ0) is 25.9. The number of aromatic amines is 1. The molecule has 2 aromatic heterocycles. The number of carbonyl (C=O) groups is 2. The van der Waals surface area contributed by atoms with E-state index < -0.39 is 5.97 Å². The molecule has 1 amide bonds. The molecule has 2 heterocycles. The number of hydrogen-bond acceptors (Lipinski definition) is 5. The Morgan fingerprint density at radius 1 is 0.919 bits per heavy atom. The highest BCUT2D eigenvalue weighted by Gasteiger charge is 2.18. The molecule has 0 radical (unpaired) electrons. The second kappa shape index (κ2) is 10.0. The molecule has 37 heavy (non-hydrogen) atoms. The molecule has 0 saturated heterocycles. The first-order valence-electron chi connectivity index (χ1n) is 11.6. The molecule has 0 saturated carbocycles. The van der Waals surface area contributed by atoms with E-state index in [0.717, 1.165) is 16.3 Å². The smallest absolute Gasteiger partial charge is 0.337 e. The molecule has 7 nitrogen and oxygen atoms in total. The Balaban J connectivity index is 1.46. The van der Waals surface area contributed by atoms with Crippen molar-refractivity contribution in [2.24, 2.45) is 0 Å². The van der Waals surface area contributed by atoms with Crippen molar-refractivity contribution in [2.75, 3.05) is 7.11 Å². The maximum atomic E-state index is 13.3. The Hall–Kier alpha value is -4.85. The van der Waals surface area contributed by atoms with E-state index in [0.29, 0.717) is 22.8 Å². The predicted molar refractivity (Wildman–Crippen MR) is 138 cm³/mol. The van der Waals surface area contributed by atoms with Crippen LogP contribution in [0.4, 0.5) is 4.39 Å². The molecule has 8 heteroatoms. The Kier molecular flexibility index (Phi) is 6.47. The molecule has 0 aliphatic carbocycles. The fourth-order valence-electron chi connectivity index (χ4n) is 4.08. The molecule has 5 rings (SSSR count). The highest BCUT2D eigenvalue weighted by atomic mass is 19.1. The summed E-state index contributed by atoms with van der Waals surface area (Å²) >= 11 is 0. The summed E-state index contributed by atoms with van der Waals surface area (Å²) in [5, 5.41) is 4.95. The van der Waals surface area contributed by atoms with Gasteiger partial charge in [-0.15, -0.1) is 0 Å². The Morgan fingerprint density at radius 3 is 2.41 bits per heavy atom. The van der Waals surface area contributed by atoms with Crippen molar-refractivity contribution in [2.45, 2.75) is 13.0 Å². The quantitative estimate of drug-likeness (QED) is 0.295. The first-order valence-corrected chi connectivity index (χ1v) is 11.6. The van der Waals surface area contributed by atoms with Crippen LogP contribution < -0.4 is 5.32 Å². The topological polar surface area (TPSA) is 97.0 Å². The third-order valence-electron chi connectivity index (χ3n) is 6.09. The summed E-state index contributed by atoms with van der Waals surface area (Å²) < 4.78 is 18.2. The van der Waals surface area contributed by atoms with Crippen molar-refractivity contribution in [3.63, 3.8) is 0 Å². The van der Waals surface area contributed by atoms with Gasteiger partial charge in [0.2, 0.25) is 0 Å². The zero-order valence-corrected chi connectivity index (χ0v) is 20.2. The zero-order valence-electron chi connectivity index (χ0n) is 20.2. The maximum Gasteiger partial charge on any atom is 0.337 e. The van der Waals surface area contributed by atoms with Crippen molar-refractivity contribution in [1.82, 2.24) is 20.3 Å². The van der Waals surface area contributed by atoms with Gasteiger partial charge < -0.3 is 15.0 Å². The molecule has 0 aliphatic heterocycles. The molecule has 2 N–H and O–H groups in total. The number of esters is 1. The largest absolute Gasteiger partial charge is 0.465 e. The number of imidazole rings is 1. The predicted octanol–water partition coefficient (Wildman–Crippen LogP) is 5.71. The number of pyridine rings is 1.